The van der Waals surface area contributed by atoms with Gasteiger partial charge in [-0.1, -0.05) is 32.9 Å². The molecule has 0 saturated carbocycles. The van der Waals surface area contributed by atoms with E-state index in [4.69, 9.17) is 0 Å². The van der Waals surface area contributed by atoms with Crippen LogP contribution in [0.3, 0.4) is 0 Å². The Labute approximate surface area is 156 Å². The van der Waals surface area contributed by atoms with Crippen molar-refractivity contribution in [2.24, 2.45) is 5.41 Å². The van der Waals surface area contributed by atoms with E-state index in [1.165, 1.54) is 6.92 Å². The Morgan fingerprint density at radius 2 is 1.25 bits per heavy atom. The van der Waals surface area contributed by atoms with E-state index in [0.29, 0.717) is 11.3 Å². The summed E-state index contributed by atoms with van der Waals surface area (Å²) in [6.45, 7) is 7.04. The first-order valence-corrected chi connectivity index (χ1v) is 7.52. The first-order chi connectivity index (χ1) is 12.4. The quantitative estimate of drug-likeness (QED) is 0.459. The summed E-state index contributed by atoms with van der Waals surface area (Å²) in [6.07, 6.45) is -11.5. The average molecular weight is 413 g/mol. The molecule has 28 heavy (non-hydrogen) atoms. The molecule has 0 heterocycles. The molecule has 156 valence electrons. The van der Waals surface area contributed by atoms with Crippen LogP contribution in [0.1, 0.15) is 38.1 Å². The van der Waals surface area contributed by atoms with Crippen LogP contribution in [0.15, 0.2) is 24.3 Å². The Hall–Kier alpha value is -2.72. The lowest BCUT2D eigenvalue weighted by Gasteiger charge is -2.17. The van der Waals surface area contributed by atoms with Gasteiger partial charge in [-0.25, -0.2) is 0 Å². The van der Waals surface area contributed by atoms with Crippen LogP contribution in [0, 0.1) is 5.41 Å². The first kappa shape index (κ1) is 25.3. The smallest absolute Gasteiger partial charge is 0.326 e. The Bertz CT molecular complexity index is 736. The summed E-state index contributed by atoms with van der Waals surface area (Å²) >= 11 is 0. The van der Waals surface area contributed by atoms with E-state index < -0.39 is 29.3 Å². The Morgan fingerprint density at radius 3 is 1.57 bits per heavy atom. The van der Waals surface area contributed by atoms with E-state index in [-0.39, 0.29) is 11.7 Å². The molecule has 0 aliphatic carbocycles. The molecule has 0 radical (unpaired) electrons. The Morgan fingerprint density at radius 1 is 0.821 bits per heavy atom. The highest BCUT2D eigenvalue weighted by atomic mass is 19.4. The molecule has 0 bridgehead atoms. The average Bonchev–Trinajstić information content (AvgIpc) is 2.51. The van der Waals surface area contributed by atoms with Gasteiger partial charge in [-0.3, -0.25) is 19.2 Å². The number of nitrogens with one attached hydrogen (secondary N) is 1. The van der Waals surface area contributed by atoms with Crippen LogP contribution in [-0.2, 0) is 14.4 Å². The second-order valence-electron chi connectivity index (χ2n) is 6.49. The molecule has 0 fully saturated rings. The van der Waals surface area contributed by atoms with Gasteiger partial charge >= 0.3 is 23.9 Å². The summed E-state index contributed by atoms with van der Waals surface area (Å²) in [7, 11) is 0. The largest absolute Gasteiger partial charge is 0.458 e. The number of ketones is 3. The maximum atomic E-state index is 11.7. The molecule has 1 amide bonds. The fourth-order valence-corrected chi connectivity index (χ4v) is 1.39. The lowest BCUT2D eigenvalue weighted by atomic mass is 9.95. The van der Waals surface area contributed by atoms with Gasteiger partial charge in [0.25, 0.3) is 0 Å². The third-order valence-electron chi connectivity index (χ3n) is 2.93. The number of halogens is 6. The van der Waals surface area contributed by atoms with Gasteiger partial charge in [-0.15, -0.1) is 0 Å². The number of alkyl halides is 6. The molecule has 0 saturated heterocycles. The summed E-state index contributed by atoms with van der Waals surface area (Å²) in [5.74, 6) is -6.88. The first-order valence-electron chi connectivity index (χ1n) is 7.52. The molecule has 1 rings (SSSR count). The van der Waals surface area contributed by atoms with Crippen molar-refractivity contribution in [3.63, 3.8) is 0 Å². The summed E-state index contributed by atoms with van der Waals surface area (Å²) < 4.78 is 67.0. The molecule has 1 aromatic rings. The highest BCUT2D eigenvalue weighted by Crippen LogP contribution is 2.24. The number of Topliss-reactive ketones (excluding diaryl/α,β-unsaturated/α-hetero) is 3. The van der Waals surface area contributed by atoms with Gasteiger partial charge in [-0.05, 0) is 19.1 Å². The number of carbonyl (C=O) groups excluding carboxylic acids is 4. The fraction of sp³-hybridized carbons (Fsp3) is 0.412. The molecular formula is C17H17F6NO4. The molecule has 0 aliphatic heterocycles. The molecule has 0 atom stereocenters. The van der Waals surface area contributed by atoms with E-state index in [1.54, 1.807) is 24.3 Å². The number of rotatable bonds is 3. The van der Waals surface area contributed by atoms with Gasteiger partial charge in [-0.2, -0.15) is 26.3 Å². The van der Waals surface area contributed by atoms with Crippen LogP contribution >= 0.6 is 0 Å². The number of hydrogen-bond donors (Lipinski definition) is 1. The van der Waals surface area contributed by atoms with Crippen LogP contribution in [0.25, 0.3) is 0 Å². The van der Waals surface area contributed by atoms with Crippen molar-refractivity contribution in [2.75, 3.05) is 5.32 Å². The van der Waals surface area contributed by atoms with E-state index in [2.05, 4.69) is 5.32 Å². The standard InChI is InChI=1S/C13H17NO2.C4F6O2/c1-9(15)10-6-5-7-11(8-10)14-12(16)13(2,3)4;5-3(6,7)1(11)2(12)4(8,9)10/h5-8H,1-4H3,(H,14,16);. The van der Waals surface area contributed by atoms with Gasteiger partial charge in [0.1, 0.15) is 0 Å². The SMILES string of the molecule is CC(=O)c1cccc(NC(=O)C(C)(C)C)c1.O=C(C(=O)C(F)(F)F)C(F)(F)F. The molecule has 0 spiro atoms. The van der Waals surface area contributed by atoms with Crippen LogP contribution in [0.5, 0.6) is 0 Å². The minimum absolute atomic E-state index is 0.00754. The predicted octanol–water partition coefficient (Wildman–Crippen LogP) is 4.12. The number of anilines is 1. The van der Waals surface area contributed by atoms with E-state index in [9.17, 15) is 45.5 Å². The van der Waals surface area contributed by atoms with Crippen molar-refractivity contribution < 1.29 is 45.5 Å². The van der Waals surface area contributed by atoms with Gasteiger partial charge in [0, 0.05) is 16.7 Å². The van der Waals surface area contributed by atoms with E-state index in [1.807, 2.05) is 20.8 Å². The van der Waals surface area contributed by atoms with E-state index in [0.717, 1.165) is 0 Å². The number of amides is 1. The lowest BCUT2D eigenvalue weighted by molar-refractivity contribution is -0.193. The molecule has 1 N–H and O–H groups in total. The van der Waals surface area contributed by atoms with Crippen LogP contribution in [0.2, 0.25) is 0 Å². The topological polar surface area (TPSA) is 80.3 Å². The maximum absolute atomic E-state index is 11.7. The third kappa shape index (κ3) is 8.31. The van der Waals surface area contributed by atoms with Gasteiger partial charge < -0.3 is 5.32 Å². The Balaban J connectivity index is 0.000000546. The lowest BCUT2D eigenvalue weighted by Crippen LogP contribution is -2.39. The molecule has 5 nitrogen and oxygen atoms in total. The van der Waals surface area contributed by atoms with Crippen molar-refractivity contribution in [3.05, 3.63) is 29.8 Å². The van der Waals surface area contributed by atoms with Crippen molar-refractivity contribution in [3.8, 4) is 0 Å². The number of hydrogen-bond acceptors (Lipinski definition) is 4. The van der Waals surface area contributed by atoms with Crippen molar-refractivity contribution >= 4 is 28.9 Å². The summed E-state index contributed by atoms with van der Waals surface area (Å²) in [6, 6.07) is 6.95. The molecule has 1 aromatic carbocycles. The van der Waals surface area contributed by atoms with Crippen molar-refractivity contribution in [2.45, 2.75) is 40.0 Å². The fourth-order valence-electron chi connectivity index (χ4n) is 1.39. The van der Waals surface area contributed by atoms with Crippen molar-refractivity contribution in [1.29, 1.82) is 0 Å². The molecular weight excluding hydrogens is 396 g/mol. The maximum Gasteiger partial charge on any atom is 0.458 e. The summed E-state index contributed by atoms with van der Waals surface area (Å²) in [5, 5.41) is 2.79. The molecule has 0 aliphatic rings. The van der Waals surface area contributed by atoms with E-state index >= 15 is 0 Å². The zero-order valence-electron chi connectivity index (χ0n) is 15.2. The summed E-state index contributed by atoms with van der Waals surface area (Å²) in [4.78, 5) is 42.1. The van der Waals surface area contributed by atoms with Gasteiger partial charge in [0.2, 0.25) is 5.91 Å². The van der Waals surface area contributed by atoms with Crippen molar-refractivity contribution in [1.82, 2.24) is 0 Å². The third-order valence-corrected chi connectivity index (χ3v) is 2.93. The second kappa shape index (κ2) is 8.98. The number of carbonyl (C=O) groups is 4. The van der Waals surface area contributed by atoms with Gasteiger partial charge in [0.15, 0.2) is 5.78 Å². The number of benzene rings is 1. The minimum atomic E-state index is -5.77. The molecule has 0 aromatic heterocycles. The van der Waals surface area contributed by atoms with Gasteiger partial charge in [0.05, 0.1) is 0 Å². The predicted molar refractivity (Wildman–Crippen MR) is 86.7 cm³/mol. The molecule has 0 unspecified atom stereocenters. The highest BCUT2D eigenvalue weighted by Gasteiger charge is 2.54. The second-order valence-corrected chi connectivity index (χ2v) is 6.49. The Kier molecular flexibility index (Phi) is 8.11. The molecule has 11 heteroatoms. The summed E-state index contributed by atoms with van der Waals surface area (Å²) in [5.41, 5.74) is 0.825. The highest BCUT2D eigenvalue weighted by molar-refractivity contribution is 6.41. The van der Waals surface area contributed by atoms with Crippen LogP contribution < -0.4 is 5.32 Å². The zero-order chi connectivity index (χ0) is 22.5. The zero-order valence-corrected chi connectivity index (χ0v) is 15.2. The van der Waals surface area contributed by atoms with Crippen LogP contribution in [-0.4, -0.2) is 35.6 Å². The normalized spacial score (nSPS) is 11.8. The monoisotopic (exact) mass is 413 g/mol. The minimum Gasteiger partial charge on any atom is -0.326 e. The van der Waals surface area contributed by atoms with Crippen LogP contribution in [0.4, 0.5) is 32.0 Å².